The molecule has 1 amide bonds. The number of aromatic nitrogens is 2. The Morgan fingerprint density at radius 1 is 1.19 bits per heavy atom. The molecule has 0 saturated carbocycles. The zero-order valence-corrected chi connectivity index (χ0v) is 19.1. The molecule has 2 aromatic rings. The molecule has 3 aliphatic rings. The molecule has 170 valence electrons. The highest BCUT2D eigenvalue weighted by Gasteiger charge is 2.38. The van der Waals surface area contributed by atoms with E-state index in [1.54, 1.807) is 0 Å². The van der Waals surface area contributed by atoms with Crippen LogP contribution in [-0.4, -0.2) is 59.5 Å². The predicted molar refractivity (Wildman–Crippen MR) is 123 cm³/mol. The molecule has 6 nitrogen and oxygen atoms in total. The number of alkyl halides is 1. The van der Waals surface area contributed by atoms with Crippen molar-refractivity contribution >= 4 is 23.3 Å². The molecular weight excluding hydrogens is 429 g/mol. The maximum atomic E-state index is 14.3. The van der Waals surface area contributed by atoms with Gasteiger partial charge in [-0.2, -0.15) is 0 Å². The molecule has 4 atom stereocenters. The summed E-state index contributed by atoms with van der Waals surface area (Å²) in [6.45, 7) is 5.61. The summed E-state index contributed by atoms with van der Waals surface area (Å²) in [4.78, 5) is 26.5. The molecule has 0 unspecified atom stereocenters. The van der Waals surface area contributed by atoms with Crippen molar-refractivity contribution in [3.8, 4) is 0 Å². The molecule has 0 bridgehead atoms. The summed E-state index contributed by atoms with van der Waals surface area (Å²) >= 11 is 6.09. The largest absolute Gasteiger partial charge is 0.353 e. The van der Waals surface area contributed by atoms with E-state index in [4.69, 9.17) is 11.6 Å². The number of carbonyl (C=O) groups is 1. The minimum atomic E-state index is -1.01. The lowest BCUT2D eigenvalue weighted by Gasteiger charge is -2.38. The Labute approximate surface area is 193 Å². The fraction of sp³-hybridized carbons (Fsp3) is 0.542. The summed E-state index contributed by atoms with van der Waals surface area (Å²) in [7, 11) is 0. The minimum absolute atomic E-state index is 0.110. The number of nitrogens with one attached hydrogen (secondary N) is 1. The molecule has 0 radical (unpaired) electrons. The van der Waals surface area contributed by atoms with Gasteiger partial charge in [0.1, 0.15) is 18.3 Å². The van der Waals surface area contributed by atoms with Crippen LogP contribution in [0.4, 0.5) is 10.2 Å². The highest BCUT2D eigenvalue weighted by Crippen LogP contribution is 2.44. The van der Waals surface area contributed by atoms with Gasteiger partial charge in [0.05, 0.1) is 11.6 Å². The Hall–Kier alpha value is -2.25. The van der Waals surface area contributed by atoms with Gasteiger partial charge in [-0.3, -0.25) is 4.79 Å². The predicted octanol–water partition coefficient (Wildman–Crippen LogP) is 3.83. The minimum Gasteiger partial charge on any atom is -0.353 e. The van der Waals surface area contributed by atoms with E-state index in [2.05, 4.69) is 20.2 Å². The third kappa shape index (κ3) is 3.97. The van der Waals surface area contributed by atoms with Crippen molar-refractivity contribution in [1.29, 1.82) is 0 Å². The number of carbonyl (C=O) groups excluding carboxylic acids is 1. The Balaban J connectivity index is 1.32. The molecule has 2 aliphatic heterocycles. The molecule has 2 fully saturated rings. The van der Waals surface area contributed by atoms with Crippen molar-refractivity contribution in [2.24, 2.45) is 0 Å². The van der Waals surface area contributed by atoms with Crippen LogP contribution in [-0.2, 0) is 4.79 Å². The fourth-order valence-corrected chi connectivity index (χ4v) is 5.59. The number of piperazine rings is 1. The normalized spacial score (nSPS) is 26.3. The van der Waals surface area contributed by atoms with Gasteiger partial charge in [0.15, 0.2) is 0 Å². The van der Waals surface area contributed by atoms with Gasteiger partial charge >= 0.3 is 0 Å². The van der Waals surface area contributed by atoms with Crippen molar-refractivity contribution in [3.05, 3.63) is 52.4 Å². The van der Waals surface area contributed by atoms with Gasteiger partial charge in [-0.05, 0) is 49.4 Å². The van der Waals surface area contributed by atoms with Gasteiger partial charge in [-0.25, -0.2) is 14.4 Å². The second-order valence-electron chi connectivity index (χ2n) is 9.14. The van der Waals surface area contributed by atoms with Gasteiger partial charge in [0, 0.05) is 42.8 Å². The van der Waals surface area contributed by atoms with E-state index in [1.165, 1.54) is 6.33 Å². The number of hydrogen-bond acceptors (Lipinski definition) is 5. The number of halogens is 2. The molecule has 1 aromatic carbocycles. The van der Waals surface area contributed by atoms with Gasteiger partial charge in [0.25, 0.3) is 0 Å². The van der Waals surface area contributed by atoms with Crippen molar-refractivity contribution in [1.82, 2.24) is 20.2 Å². The fourth-order valence-electron chi connectivity index (χ4n) is 5.46. The van der Waals surface area contributed by atoms with Crippen molar-refractivity contribution in [2.45, 2.75) is 50.2 Å². The van der Waals surface area contributed by atoms with Crippen molar-refractivity contribution in [3.63, 3.8) is 0 Å². The third-order valence-electron chi connectivity index (χ3n) is 7.13. The number of hydrogen-bond donors (Lipinski definition) is 1. The summed E-state index contributed by atoms with van der Waals surface area (Å²) in [5, 5.41) is 4.19. The van der Waals surface area contributed by atoms with Crippen LogP contribution in [0.15, 0.2) is 30.6 Å². The molecule has 2 saturated heterocycles. The maximum absolute atomic E-state index is 14.3. The molecule has 1 N–H and O–H groups in total. The molecule has 8 heteroatoms. The molecular formula is C24H29ClFN5O. The standard InChI is InChI=1S/C24H29ClFN5O/c1-15-13-18(26)22-20(15)23(29-14-28-22)30-9-11-31(12-10-30)24(32)21(19-3-2-8-27-19)16-4-6-17(25)7-5-16/h4-7,14-15,18-19,21,27H,2-3,8-13H2,1H3/t15-,18-,19+,21+/m1/s1. The van der Waals surface area contributed by atoms with Crippen LogP contribution in [0, 0.1) is 0 Å². The monoisotopic (exact) mass is 457 g/mol. The van der Waals surface area contributed by atoms with Crippen LogP contribution in [0.1, 0.15) is 61.0 Å². The highest BCUT2D eigenvalue weighted by atomic mass is 35.5. The van der Waals surface area contributed by atoms with Gasteiger partial charge in [-0.1, -0.05) is 30.7 Å². The van der Waals surface area contributed by atoms with E-state index in [-0.39, 0.29) is 23.8 Å². The van der Waals surface area contributed by atoms with Crippen LogP contribution < -0.4 is 10.2 Å². The van der Waals surface area contributed by atoms with E-state index in [9.17, 15) is 9.18 Å². The van der Waals surface area contributed by atoms with Crippen molar-refractivity contribution in [2.75, 3.05) is 37.6 Å². The Kier molecular flexibility index (Phi) is 6.03. The summed E-state index contributed by atoms with van der Waals surface area (Å²) in [5.41, 5.74) is 2.49. The zero-order chi connectivity index (χ0) is 22.2. The van der Waals surface area contributed by atoms with Crippen LogP contribution in [0.25, 0.3) is 0 Å². The molecule has 3 heterocycles. The van der Waals surface area contributed by atoms with Crippen molar-refractivity contribution < 1.29 is 9.18 Å². The van der Waals surface area contributed by atoms with E-state index >= 15 is 0 Å². The number of benzene rings is 1. The van der Waals surface area contributed by atoms with Crippen LogP contribution in [0.5, 0.6) is 0 Å². The van der Waals surface area contributed by atoms with E-state index < -0.39 is 6.17 Å². The molecule has 1 aliphatic carbocycles. The quantitative estimate of drug-likeness (QED) is 0.756. The number of anilines is 1. The molecule has 0 spiro atoms. The average Bonchev–Trinajstić information content (AvgIpc) is 3.44. The SMILES string of the molecule is C[C@@H]1C[C@@H](F)c2ncnc(N3CCN(C(=O)[C@@H](c4ccc(Cl)cc4)[C@@H]4CCCN4)CC3)c21. The second kappa shape index (κ2) is 8.94. The first-order valence-corrected chi connectivity index (χ1v) is 11.9. The van der Waals surface area contributed by atoms with Crippen LogP contribution in [0.2, 0.25) is 5.02 Å². The average molecular weight is 458 g/mol. The first kappa shape index (κ1) is 21.6. The van der Waals surface area contributed by atoms with Gasteiger partial charge < -0.3 is 15.1 Å². The first-order valence-electron chi connectivity index (χ1n) is 11.5. The lowest BCUT2D eigenvalue weighted by Crippen LogP contribution is -2.52. The highest BCUT2D eigenvalue weighted by molar-refractivity contribution is 6.30. The number of rotatable bonds is 4. The molecule has 5 rings (SSSR count). The summed E-state index contributed by atoms with van der Waals surface area (Å²) in [6, 6.07) is 7.81. The smallest absolute Gasteiger partial charge is 0.231 e. The number of fused-ring (bicyclic) bond motifs is 1. The Bertz CT molecular complexity index is 973. The summed E-state index contributed by atoms with van der Waals surface area (Å²) in [6.07, 6.45) is 3.01. The zero-order valence-electron chi connectivity index (χ0n) is 18.3. The lowest BCUT2D eigenvalue weighted by molar-refractivity contribution is -0.133. The third-order valence-corrected chi connectivity index (χ3v) is 7.38. The van der Waals surface area contributed by atoms with Crippen LogP contribution >= 0.6 is 11.6 Å². The maximum Gasteiger partial charge on any atom is 0.231 e. The van der Waals surface area contributed by atoms with Crippen LogP contribution in [0.3, 0.4) is 0 Å². The molecule has 1 aromatic heterocycles. The first-order chi connectivity index (χ1) is 15.5. The van der Waals surface area contributed by atoms with Gasteiger partial charge in [-0.15, -0.1) is 0 Å². The lowest BCUT2D eigenvalue weighted by atomic mass is 9.89. The number of amides is 1. The van der Waals surface area contributed by atoms with E-state index in [1.807, 2.05) is 36.1 Å². The van der Waals surface area contributed by atoms with E-state index in [0.717, 1.165) is 36.3 Å². The second-order valence-corrected chi connectivity index (χ2v) is 9.58. The Morgan fingerprint density at radius 3 is 2.62 bits per heavy atom. The van der Waals surface area contributed by atoms with Gasteiger partial charge in [0.2, 0.25) is 5.91 Å². The Morgan fingerprint density at radius 2 is 1.94 bits per heavy atom. The topological polar surface area (TPSA) is 61.4 Å². The number of nitrogens with zero attached hydrogens (tertiary/aromatic N) is 4. The molecule has 32 heavy (non-hydrogen) atoms. The summed E-state index contributed by atoms with van der Waals surface area (Å²) < 4.78 is 14.3. The van der Waals surface area contributed by atoms with E-state index in [0.29, 0.717) is 43.3 Å². The summed E-state index contributed by atoms with van der Waals surface area (Å²) in [5.74, 6) is 0.897.